The van der Waals surface area contributed by atoms with Gasteiger partial charge in [0.05, 0.1) is 11.4 Å². The lowest BCUT2D eigenvalue weighted by atomic mass is 10.0. The van der Waals surface area contributed by atoms with E-state index in [-0.39, 0.29) is 17.2 Å². The number of hydrogen-bond donors (Lipinski definition) is 3. The third kappa shape index (κ3) is 4.37. The van der Waals surface area contributed by atoms with Crippen LogP contribution in [0.15, 0.2) is 66.7 Å². The summed E-state index contributed by atoms with van der Waals surface area (Å²) in [6, 6.07) is 19.7. The van der Waals surface area contributed by atoms with Crippen LogP contribution < -0.4 is 9.64 Å². The van der Waals surface area contributed by atoms with Crippen LogP contribution in [0.5, 0.6) is 28.7 Å². The molecule has 4 aromatic carbocycles. The predicted molar refractivity (Wildman–Crippen MR) is 136 cm³/mol. The van der Waals surface area contributed by atoms with Crippen LogP contribution in [0.2, 0.25) is 0 Å². The molecule has 0 amide bonds. The van der Waals surface area contributed by atoms with Gasteiger partial charge in [-0.1, -0.05) is 6.07 Å². The number of ether oxygens (including phenoxy) is 1. The third-order valence-corrected chi connectivity index (χ3v) is 6.31. The van der Waals surface area contributed by atoms with E-state index in [1.807, 2.05) is 62.9 Å². The molecule has 3 N–H and O–H groups in total. The standard InChI is InChI=1S/C29H29NO4/c1-17-13-23(31)15-26(19(17)3)30(27-16-24(32)14-18(2)20(27)4)22-9-11-25(12-10-22)34-29-8-6-7-28(33)21(29)5/h6-16,31-33H,1-5H3. The molecule has 0 aliphatic rings. The van der Waals surface area contributed by atoms with Gasteiger partial charge in [-0.05, 0) is 105 Å². The first kappa shape index (κ1) is 23.1. The molecule has 0 radical (unpaired) electrons. The van der Waals surface area contributed by atoms with Crippen molar-refractivity contribution in [2.75, 3.05) is 4.90 Å². The van der Waals surface area contributed by atoms with Crippen LogP contribution in [-0.4, -0.2) is 15.3 Å². The first-order valence-electron chi connectivity index (χ1n) is 11.1. The fourth-order valence-electron chi connectivity index (χ4n) is 4.02. The lowest BCUT2D eigenvalue weighted by Crippen LogP contribution is -2.13. The zero-order valence-corrected chi connectivity index (χ0v) is 20.0. The molecule has 0 unspecified atom stereocenters. The topological polar surface area (TPSA) is 73.2 Å². The molecule has 0 atom stereocenters. The summed E-state index contributed by atoms with van der Waals surface area (Å²) < 4.78 is 6.00. The number of anilines is 3. The maximum atomic E-state index is 10.4. The molecule has 0 aliphatic carbocycles. The fraction of sp³-hybridized carbons (Fsp3) is 0.172. The van der Waals surface area contributed by atoms with Gasteiger partial charge in [0.25, 0.3) is 0 Å². The molecule has 0 bridgehead atoms. The van der Waals surface area contributed by atoms with Gasteiger partial charge in [0.2, 0.25) is 0 Å². The molecule has 0 fully saturated rings. The van der Waals surface area contributed by atoms with Crippen LogP contribution in [0.3, 0.4) is 0 Å². The van der Waals surface area contributed by atoms with Crippen molar-refractivity contribution >= 4 is 17.1 Å². The van der Waals surface area contributed by atoms with Gasteiger partial charge in [-0.15, -0.1) is 0 Å². The van der Waals surface area contributed by atoms with Crippen molar-refractivity contribution in [2.45, 2.75) is 34.6 Å². The van der Waals surface area contributed by atoms with Crippen molar-refractivity contribution in [1.82, 2.24) is 0 Å². The average molecular weight is 456 g/mol. The Morgan fingerprint density at radius 3 is 1.68 bits per heavy atom. The van der Waals surface area contributed by atoms with Gasteiger partial charge < -0.3 is 25.0 Å². The summed E-state index contributed by atoms with van der Waals surface area (Å²) in [4.78, 5) is 2.04. The highest BCUT2D eigenvalue weighted by Crippen LogP contribution is 2.43. The molecule has 0 saturated carbocycles. The van der Waals surface area contributed by atoms with Crippen molar-refractivity contribution < 1.29 is 20.1 Å². The van der Waals surface area contributed by atoms with E-state index in [0.29, 0.717) is 17.1 Å². The molecule has 174 valence electrons. The summed E-state index contributed by atoms with van der Waals surface area (Å²) in [5.41, 5.74) is 7.14. The molecule has 0 spiro atoms. The van der Waals surface area contributed by atoms with E-state index in [0.717, 1.165) is 39.3 Å². The monoisotopic (exact) mass is 455 g/mol. The Bertz CT molecular complexity index is 1300. The molecule has 4 rings (SSSR count). The normalized spacial score (nSPS) is 10.9. The maximum Gasteiger partial charge on any atom is 0.134 e. The Labute approximate surface area is 200 Å². The van der Waals surface area contributed by atoms with Crippen LogP contribution in [0.25, 0.3) is 0 Å². The van der Waals surface area contributed by atoms with E-state index in [2.05, 4.69) is 0 Å². The largest absolute Gasteiger partial charge is 0.508 e. The number of hydrogen-bond acceptors (Lipinski definition) is 5. The molecule has 34 heavy (non-hydrogen) atoms. The molecule has 4 aromatic rings. The second kappa shape index (κ2) is 9.02. The van der Waals surface area contributed by atoms with Gasteiger partial charge in [0.1, 0.15) is 28.7 Å². The number of phenolic OH excluding ortho intramolecular Hbond substituents is 3. The van der Waals surface area contributed by atoms with Crippen LogP contribution >= 0.6 is 0 Å². The summed E-state index contributed by atoms with van der Waals surface area (Å²) in [5.74, 6) is 1.76. The number of rotatable bonds is 5. The molecule has 5 heteroatoms. The first-order chi connectivity index (χ1) is 16.2. The highest BCUT2D eigenvalue weighted by Gasteiger charge is 2.20. The molecule has 0 aromatic heterocycles. The van der Waals surface area contributed by atoms with E-state index in [4.69, 9.17) is 4.74 Å². The van der Waals surface area contributed by atoms with Crippen LogP contribution in [0.4, 0.5) is 17.1 Å². The average Bonchev–Trinajstić information content (AvgIpc) is 2.79. The summed E-state index contributed by atoms with van der Waals surface area (Å²) >= 11 is 0. The minimum atomic E-state index is 0.178. The Kier molecular flexibility index (Phi) is 6.12. The minimum absolute atomic E-state index is 0.178. The van der Waals surface area contributed by atoms with Crippen molar-refractivity contribution in [3.8, 4) is 28.7 Å². The van der Waals surface area contributed by atoms with Crippen LogP contribution in [0, 0.1) is 34.6 Å². The van der Waals surface area contributed by atoms with Crippen molar-refractivity contribution in [3.63, 3.8) is 0 Å². The zero-order chi connectivity index (χ0) is 24.6. The smallest absolute Gasteiger partial charge is 0.134 e. The number of aryl methyl sites for hydroxylation is 2. The quantitative estimate of drug-likeness (QED) is 0.289. The third-order valence-electron chi connectivity index (χ3n) is 6.31. The Morgan fingerprint density at radius 2 is 1.15 bits per heavy atom. The van der Waals surface area contributed by atoms with Gasteiger partial charge in [-0.2, -0.15) is 0 Å². The molecular formula is C29H29NO4. The lowest BCUT2D eigenvalue weighted by Gasteiger charge is -2.30. The van der Waals surface area contributed by atoms with E-state index in [1.54, 1.807) is 43.3 Å². The van der Waals surface area contributed by atoms with Gasteiger partial charge in [0.15, 0.2) is 0 Å². The SMILES string of the molecule is Cc1cc(O)cc(N(c2ccc(Oc3cccc(O)c3C)cc2)c2cc(O)cc(C)c2C)c1C. The molecule has 0 heterocycles. The molecule has 0 saturated heterocycles. The zero-order valence-electron chi connectivity index (χ0n) is 20.0. The molecule has 0 aliphatic heterocycles. The minimum Gasteiger partial charge on any atom is -0.508 e. The van der Waals surface area contributed by atoms with Gasteiger partial charge >= 0.3 is 0 Å². The van der Waals surface area contributed by atoms with Crippen LogP contribution in [0.1, 0.15) is 27.8 Å². The summed E-state index contributed by atoms with van der Waals surface area (Å²) in [6.07, 6.45) is 0. The highest BCUT2D eigenvalue weighted by atomic mass is 16.5. The summed E-state index contributed by atoms with van der Waals surface area (Å²) in [7, 11) is 0. The van der Waals surface area contributed by atoms with Gasteiger partial charge in [0, 0.05) is 23.4 Å². The summed E-state index contributed by atoms with van der Waals surface area (Å²) in [6.45, 7) is 9.77. The van der Waals surface area contributed by atoms with Crippen LogP contribution in [-0.2, 0) is 0 Å². The van der Waals surface area contributed by atoms with E-state index >= 15 is 0 Å². The Balaban J connectivity index is 1.83. The number of nitrogens with zero attached hydrogens (tertiary/aromatic N) is 1. The number of benzene rings is 4. The van der Waals surface area contributed by atoms with Gasteiger partial charge in [-0.3, -0.25) is 0 Å². The van der Waals surface area contributed by atoms with E-state index < -0.39 is 0 Å². The Hall–Kier alpha value is -4.12. The second-order valence-corrected chi connectivity index (χ2v) is 8.65. The lowest BCUT2D eigenvalue weighted by molar-refractivity contribution is 0.448. The molecule has 5 nitrogen and oxygen atoms in total. The second-order valence-electron chi connectivity index (χ2n) is 8.65. The maximum absolute atomic E-state index is 10.4. The Morgan fingerprint density at radius 1 is 0.618 bits per heavy atom. The highest BCUT2D eigenvalue weighted by molar-refractivity contribution is 5.82. The van der Waals surface area contributed by atoms with Crippen molar-refractivity contribution in [1.29, 1.82) is 0 Å². The number of phenols is 3. The summed E-state index contributed by atoms with van der Waals surface area (Å²) in [5, 5.41) is 30.7. The van der Waals surface area contributed by atoms with Crippen molar-refractivity contribution in [3.05, 3.63) is 94.5 Å². The van der Waals surface area contributed by atoms with Gasteiger partial charge in [-0.25, -0.2) is 0 Å². The molecular weight excluding hydrogens is 426 g/mol. The predicted octanol–water partition coefficient (Wildman–Crippen LogP) is 7.61. The number of aromatic hydroxyl groups is 3. The fourth-order valence-corrected chi connectivity index (χ4v) is 4.02. The first-order valence-corrected chi connectivity index (χ1v) is 11.1. The van der Waals surface area contributed by atoms with E-state index in [9.17, 15) is 15.3 Å². The van der Waals surface area contributed by atoms with Crippen molar-refractivity contribution in [2.24, 2.45) is 0 Å². The van der Waals surface area contributed by atoms with E-state index in [1.165, 1.54) is 0 Å².